The number of rotatable bonds is 49. The number of carbonyl (C=O) groups is 3. The van der Waals surface area contributed by atoms with E-state index >= 15 is 0 Å². The molecular weight excluding hydrogens is 829 g/mol. The van der Waals surface area contributed by atoms with Gasteiger partial charge in [-0.2, -0.15) is 0 Å². The van der Waals surface area contributed by atoms with E-state index in [-0.39, 0.29) is 31.1 Å². The van der Waals surface area contributed by atoms with Crippen molar-refractivity contribution in [3.63, 3.8) is 0 Å². The van der Waals surface area contributed by atoms with E-state index in [0.29, 0.717) is 19.3 Å². The van der Waals surface area contributed by atoms with E-state index in [2.05, 4.69) is 87.6 Å². The quantitative estimate of drug-likeness (QED) is 0.0199. The van der Waals surface area contributed by atoms with Crippen LogP contribution in [0.5, 0.6) is 0 Å². The van der Waals surface area contributed by atoms with Crippen LogP contribution in [-0.4, -0.2) is 37.2 Å². The van der Waals surface area contributed by atoms with Crippen molar-refractivity contribution in [2.24, 2.45) is 0 Å². The van der Waals surface area contributed by atoms with Crippen LogP contribution in [0, 0.1) is 0 Å². The van der Waals surface area contributed by atoms with Crippen LogP contribution in [0.2, 0.25) is 0 Å². The van der Waals surface area contributed by atoms with Crippen LogP contribution in [-0.2, 0) is 28.6 Å². The minimum atomic E-state index is -0.799. The van der Waals surface area contributed by atoms with Crippen LogP contribution >= 0.6 is 0 Å². The maximum absolute atomic E-state index is 12.8. The Morgan fingerprint density at radius 1 is 0.328 bits per heavy atom. The Hall–Kier alpha value is -3.67. The highest BCUT2D eigenvalue weighted by Crippen LogP contribution is 2.15. The van der Waals surface area contributed by atoms with Crippen LogP contribution < -0.4 is 0 Å². The van der Waals surface area contributed by atoms with E-state index in [0.717, 1.165) is 89.9 Å². The second-order valence-corrected chi connectivity index (χ2v) is 18.2. The molecular formula is C61H102O6. The van der Waals surface area contributed by atoms with E-state index in [1.54, 1.807) is 0 Å². The van der Waals surface area contributed by atoms with Crippen molar-refractivity contribution in [1.29, 1.82) is 0 Å². The van der Waals surface area contributed by atoms with Crippen LogP contribution in [0.3, 0.4) is 0 Å². The van der Waals surface area contributed by atoms with Gasteiger partial charge in [0.25, 0.3) is 0 Å². The standard InChI is InChI=1S/C61H102O6/c1-4-7-10-13-16-19-22-25-27-29-30-32-33-36-39-42-45-48-51-54-60(63)66-57-58(56-65-59(62)53-50-47-44-41-38-35-24-21-18-15-12-9-6-3)67-61(64)55-52-49-46-43-40-37-34-31-28-26-23-20-17-14-11-8-5-2/h7,9-10,12,15-16,18-19,21,24-28,35,38,58H,4-6,8,11,13-14,17,20,22-23,29-34,36-37,39-57H2,1-3H3/b10-7-,12-9-,18-15-,19-16-,24-21-,27-25-,28-26-,38-35-. The highest BCUT2D eigenvalue weighted by atomic mass is 16.6. The lowest BCUT2D eigenvalue weighted by Crippen LogP contribution is -2.30. The molecule has 0 aromatic carbocycles. The molecule has 6 nitrogen and oxygen atoms in total. The summed E-state index contributed by atoms with van der Waals surface area (Å²) in [5.74, 6) is -0.944. The molecule has 0 bridgehead atoms. The molecule has 382 valence electrons. The molecule has 1 unspecified atom stereocenters. The zero-order chi connectivity index (χ0) is 48.6. The van der Waals surface area contributed by atoms with Crippen molar-refractivity contribution in [3.8, 4) is 0 Å². The van der Waals surface area contributed by atoms with Gasteiger partial charge in [0.1, 0.15) is 13.2 Å². The van der Waals surface area contributed by atoms with Crippen LogP contribution in [0.1, 0.15) is 252 Å². The predicted molar refractivity (Wildman–Crippen MR) is 288 cm³/mol. The fourth-order valence-corrected chi connectivity index (χ4v) is 7.52. The van der Waals surface area contributed by atoms with E-state index in [1.807, 2.05) is 30.4 Å². The zero-order valence-electron chi connectivity index (χ0n) is 43.6. The molecule has 0 aliphatic heterocycles. The topological polar surface area (TPSA) is 78.9 Å². The van der Waals surface area contributed by atoms with Crippen molar-refractivity contribution in [3.05, 3.63) is 97.2 Å². The summed E-state index contributed by atoms with van der Waals surface area (Å²) in [5.41, 5.74) is 0. The summed E-state index contributed by atoms with van der Waals surface area (Å²) >= 11 is 0. The highest BCUT2D eigenvalue weighted by molar-refractivity contribution is 5.71. The van der Waals surface area contributed by atoms with Gasteiger partial charge >= 0.3 is 17.9 Å². The Bertz CT molecular complexity index is 1350. The average molecular weight is 931 g/mol. The largest absolute Gasteiger partial charge is 0.462 e. The van der Waals surface area contributed by atoms with Gasteiger partial charge in [0.05, 0.1) is 0 Å². The van der Waals surface area contributed by atoms with Crippen LogP contribution in [0.15, 0.2) is 97.2 Å². The first kappa shape index (κ1) is 63.3. The minimum absolute atomic E-state index is 0.0954. The fourth-order valence-electron chi connectivity index (χ4n) is 7.52. The first-order valence-corrected chi connectivity index (χ1v) is 27.8. The van der Waals surface area contributed by atoms with Gasteiger partial charge in [-0.05, 0) is 96.3 Å². The van der Waals surface area contributed by atoms with Gasteiger partial charge in [-0.15, -0.1) is 0 Å². The normalized spacial score (nSPS) is 12.8. The molecule has 6 heteroatoms. The number of hydrogen-bond donors (Lipinski definition) is 0. The van der Waals surface area contributed by atoms with Crippen molar-refractivity contribution in [2.75, 3.05) is 13.2 Å². The van der Waals surface area contributed by atoms with Crippen molar-refractivity contribution < 1.29 is 28.6 Å². The van der Waals surface area contributed by atoms with E-state index in [9.17, 15) is 14.4 Å². The van der Waals surface area contributed by atoms with Gasteiger partial charge in [-0.25, -0.2) is 0 Å². The second-order valence-electron chi connectivity index (χ2n) is 18.2. The summed E-state index contributed by atoms with van der Waals surface area (Å²) in [5, 5.41) is 0. The van der Waals surface area contributed by atoms with Crippen molar-refractivity contribution in [1.82, 2.24) is 0 Å². The third-order valence-electron chi connectivity index (χ3n) is 11.6. The lowest BCUT2D eigenvalue weighted by atomic mass is 10.1. The Morgan fingerprint density at radius 2 is 0.657 bits per heavy atom. The molecule has 0 amide bonds. The van der Waals surface area contributed by atoms with Gasteiger partial charge in [0.2, 0.25) is 0 Å². The van der Waals surface area contributed by atoms with E-state index in [1.165, 1.54) is 122 Å². The summed E-state index contributed by atoms with van der Waals surface area (Å²) in [7, 11) is 0. The lowest BCUT2D eigenvalue weighted by molar-refractivity contribution is -0.167. The highest BCUT2D eigenvalue weighted by Gasteiger charge is 2.19. The third kappa shape index (κ3) is 53.2. The molecule has 1 atom stereocenters. The Morgan fingerprint density at radius 3 is 1.12 bits per heavy atom. The molecule has 0 aromatic rings. The Balaban J connectivity index is 4.42. The fraction of sp³-hybridized carbons (Fsp3) is 0.689. The molecule has 0 saturated heterocycles. The number of ether oxygens (including phenoxy) is 3. The Labute approximate surface area is 413 Å². The molecule has 0 radical (unpaired) electrons. The maximum atomic E-state index is 12.8. The van der Waals surface area contributed by atoms with E-state index < -0.39 is 6.10 Å². The summed E-state index contributed by atoms with van der Waals surface area (Å²) in [6, 6.07) is 0. The summed E-state index contributed by atoms with van der Waals surface area (Å²) in [4.78, 5) is 38.1. The third-order valence-corrected chi connectivity index (χ3v) is 11.6. The molecule has 0 aliphatic carbocycles. The van der Waals surface area contributed by atoms with Crippen molar-refractivity contribution in [2.45, 2.75) is 258 Å². The van der Waals surface area contributed by atoms with Crippen molar-refractivity contribution >= 4 is 17.9 Å². The van der Waals surface area contributed by atoms with Gasteiger partial charge in [-0.3, -0.25) is 14.4 Å². The van der Waals surface area contributed by atoms with Gasteiger partial charge in [-0.1, -0.05) is 234 Å². The zero-order valence-corrected chi connectivity index (χ0v) is 43.6. The number of esters is 3. The van der Waals surface area contributed by atoms with Gasteiger partial charge in [0.15, 0.2) is 6.10 Å². The number of hydrogen-bond acceptors (Lipinski definition) is 6. The first-order chi connectivity index (χ1) is 33.0. The second kappa shape index (κ2) is 54.9. The first-order valence-electron chi connectivity index (χ1n) is 27.8. The monoisotopic (exact) mass is 931 g/mol. The predicted octanol–water partition coefficient (Wildman–Crippen LogP) is 18.5. The maximum Gasteiger partial charge on any atom is 0.306 e. The van der Waals surface area contributed by atoms with Gasteiger partial charge < -0.3 is 14.2 Å². The molecule has 0 rings (SSSR count). The molecule has 0 aromatic heterocycles. The van der Waals surface area contributed by atoms with Crippen LogP contribution in [0.25, 0.3) is 0 Å². The smallest absolute Gasteiger partial charge is 0.306 e. The summed E-state index contributed by atoms with van der Waals surface area (Å²) < 4.78 is 16.8. The number of unbranched alkanes of at least 4 members (excludes halogenated alkanes) is 25. The summed E-state index contributed by atoms with van der Waals surface area (Å²) in [6.07, 6.45) is 72.5. The van der Waals surface area contributed by atoms with E-state index in [4.69, 9.17) is 14.2 Å². The molecule has 0 spiro atoms. The molecule has 0 fully saturated rings. The number of carbonyl (C=O) groups excluding carboxylic acids is 3. The minimum Gasteiger partial charge on any atom is -0.462 e. The van der Waals surface area contributed by atoms with Crippen LogP contribution in [0.4, 0.5) is 0 Å². The lowest BCUT2D eigenvalue weighted by Gasteiger charge is -2.18. The van der Waals surface area contributed by atoms with Gasteiger partial charge in [0, 0.05) is 19.3 Å². The molecule has 0 heterocycles. The molecule has 67 heavy (non-hydrogen) atoms. The molecule has 0 saturated carbocycles. The molecule has 0 aliphatic rings. The average Bonchev–Trinajstić information content (AvgIpc) is 3.33. The summed E-state index contributed by atoms with van der Waals surface area (Å²) in [6.45, 7) is 6.35. The number of allylic oxidation sites excluding steroid dienone is 16. The Kier molecular flexibility index (Phi) is 51.9. The SMILES string of the molecule is CC\C=C/C=C\C=C/C=C\CCCCCC(=O)OCC(COC(=O)CCCCCCCCCCC/C=C\C/C=C\C/C=C\CC)OC(=O)CCCCCCCCC/C=C\CCCCCCCC. The molecule has 0 N–H and O–H groups in total.